The zero-order valence-corrected chi connectivity index (χ0v) is 12.7. The molecule has 0 saturated carbocycles. The molecule has 0 atom stereocenters. The second-order valence-corrected chi connectivity index (χ2v) is 4.77. The zero-order valence-electron chi connectivity index (χ0n) is 11.1. The van der Waals surface area contributed by atoms with E-state index in [0.29, 0.717) is 17.9 Å². The van der Waals surface area contributed by atoms with Crippen molar-refractivity contribution in [2.45, 2.75) is 11.9 Å². The summed E-state index contributed by atoms with van der Waals surface area (Å²) in [5.41, 5.74) is 2.74. The Balaban J connectivity index is 2.01. The number of halogens is 1. The lowest BCUT2D eigenvalue weighted by atomic mass is 10.1. The number of aromatic nitrogens is 1. The van der Waals surface area contributed by atoms with E-state index in [4.69, 9.17) is 4.74 Å². The van der Waals surface area contributed by atoms with Gasteiger partial charge in [-0.15, -0.1) is 0 Å². The van der Waals surface area contributed by atoms with E-state index >= 15 is 0 Å². The highest BCUT2D eigenvalue weighted by molar-refractivity contribution is 9.08. The molecule has 0 unspecified atom stereocenters. The van der Waals surface area contributed by atoms with Crippen molar-refractivity contribution in [2.75, 3.05) is 7.11 Å². The van der Waals surface area contributed by atoms with Crippen molar-refractivity contribution in [3.8, 4) is 5.75 Å². The Morgan fingerprint density at radius 2 is 1.95 bits per heavy atom. The van der Waals surface area contributed by atoms with Gasteiger partial charge in [0.15, 0.2) is 0 Å². The lowest BCUT2D eigenvalue weighted by molar-refractivity contribution is 0.0947. The molecule has 0 bridgehead atoms. The number of pyridine rings is 1. The van der Waals surface area contributed by atoms with Crippen LogP contribution in [0.1, 0.15) is 21.5 Å². The fourth-order valence-electron chi connectivity index (χ4n) is 1.75. The third kappa shape index (κ3) is 3.57. The second kappa shape index (κ2) is 7.05. The van der Waals surface area contributed by atoms with Gasteiger partial charge < -0.3 is 10.1 Å². The van der Waals surface area contributed by atoms with Gasteiger partial charge >= 0.3 is 0 Å². The first-order valence-corrected chi connectivity index (χ1v) is 7.26. The number of carbonyl (C=O) groups excluding carboxylic acids is 1. The molecule has 0 aliphatic carbocycles. The van der Waals surface area contributed by atoms with Gasteiger partial charge in [-0.1, -0.05) is 40.2 Å². The van der Waals surface area contributed by atoms with E-state index in [1.54, 1.807) is 12.3 Å². The summed E-state index contributed by atoms with van der Waals surface area (Å²) in [7, 11) is 1.52. The minimum absolute atomic E-state index is 0.172. The highest BCUT2D eigenvalue weighted by Crippen LogP contribution is 2.15. The van der Waals surface area contributed by atoms with Gasteiger partial charge in [0.05, 0.1) is 18.9 Å². The Hall–Kier alpha value is -1.88. The summed E-state index contributed by atoms with van der Waals surface area (Å²) in [5, 5.41) is 3.70. The highest BCUT2D eigenvalue weighted by Gasteiger charge is 2.11. The van der Waals surface area contributed by atoms with Crippen molar-refractivity contribution in [3.63, 3.8) is 0 Å². The third-order valence-electron chi connectivity index (χ3n) is 2.88. The van der Waals surface area contributed by atoms with Crippen LogP contribution in [-0.2, 0) is 11.9 Å². The summed E-state index contributed by atoms with van der Waals surface area (Å²) in [4.78, 5) is 16.0. The van der Waals surface area contributed by atoms with Crippen LogP contribution in [0.5, 0.6) is 5.75 Å². The number of carbonyl (C=O) groups is 1. The molecule has 2 aromatic rings. The van der Waals surface area contributed by atoms with Crippen molar-refractivity contribution in [1.82, 2.24) is 10.3 Å². The maximum Gasteiger partial charge on any atom is 0.255 e. The number of hydrogen-bond donors (Lipinski definition) is 1. The lowest BCUT2D eigenvalue weighted by Gasteiger charge is -2.09. The molecule has 0 aliphatic heterocycles. The zero-order chi connectivity index (χ0) is 14.4. The molecule has 2 rings (SSSR count). The minimum Gasteiger partial charge on any atom is -0.494 e. The normalized spacial score (nSPS) is 10.1. The summed E-state index contributed by atoms with van der Waals surface area (Å²) in [6.45, 7) is 0.479. The van der Waals surface area contributed by atoms with Crippen LogP contribution in [0.2, 0.25) is 0 Å². The van der Waals surface area contributed by atoms with Crippen molar-refractivity contribution >= 4 is 21.8 Å². The van der Waals surface area contributed by atoms with Gasteiger partial charge in [-0.05, 0) is 17.2 Å². The van der Waals surface area contributed by atoms with Gasteiger partial charge in [0.2, 0.25) is 0 Å². The first-order valence-electron chi connectivity index (χ1n) is 6.14. The van der Waals surface area contributed by atoms with Crippen LogP contribution in [0.4, 0.5) is 0 Å². The van der Waals surface area contributed by atoms with Crippen LogP contribution in [0, 0.1) is 0 Å². The Morgan fingerprint density at radius 3 is 2.60 bits per heavy atom. The molecule has 0 spiro atoms. The summed E-state index contributed by atoms with van der Waals surface area (Å²) in [6, 6.07) is 9.70. The number of benzene rings is 1. The fourth-order valence-corrected chi connectivity index (χ4v) is 2.13. The van der Waals surface area contributed by atoms with Gasteiger partial charge in [-0.25, -0.2) is 0 Å². The van der Waals surface area contributed by atoms with Gasteiger partial charge in [0, 0.05) is 18.1 Å². The largest absolute Gasteiger partial charge is 0.494 e. The molecule has 1 heterocycles. The summed E-state index contributed by atoms with van der Waals surface area (Å²) in [5.74, 6) is 0.299. The third-order valence-corrected chi connectivity index (χ3v) is 3.53. The standard InChI is InChI=1S/C15H15BrN2O2/c1-20-14-10-17-7-6-13(14)15(19)18-9-12-4-2-11(8-16)3-5-12/h2-7,10H,8-9H2,1H3,(H,18,19). The summed E-state index contributed by atoms with van der Waals surface area (Å²) >= 11 is 3.40. The van der Waals surface area contributed by atoms with Gasteiger partial charge in [-0.2, -0.15) is 0 Å². The molecule has 104 valence electrons. The van der Waals surface area contributed by atoms with E-state index in [0.717, 1.165) is 10.9 Å². The van der Waals surface area contributed by atoms with E-state index in [-0.39, 0.29) is 5.91 Å². The topological polar surface area (TPSA) is 51.2 Å². The molecule has 1 amide bonds. The SMILES string of the molecule is COc1cnccc1C(=O)NCc1ccc(CBr)cc1. The molecule has 20 heavy (non-hydrogen) atoms. The predicted octanol–water partition coefficient (Wildman–Crippen LogP) is 2.92. The smallest absolute Gasteiger partial charge is 0.255 e. The van der Waals surface area contributed by atoms with Crippen LogP contribution < -0.4 is 10.1 Å². The Morgan fingerprint density at radius 1 is 1.25 bits per heavy atom. The predicted molar refractivity (Wildman–Crippen MR) is 81.0 cm³/mol. The van der Waals surface area contributed by atoms with Crippen LogP contribution >= 0.6 is 15.9 Å². The van der Waals surface area contributed by atoms with E-state index in [9.17, 15) is 4.79 Å². The van der Waals surface area contributed by atoms with E-state index < -0.39 is 0 Å². The van der Waals surface area contributed by atoms with Crippen molar-refractivity contribution < 1.29 is 9.53 Å². The van der Waals surface area contributed by atoms with Gasteiger partial charge in [-0.3, -0.25) is 9.78 Å². The first kappa shape index (κ1) is 14.5. The Kier molecular flexibility index (Phi) is 5.12. The number of alkyl halides is 1. The molecular formula is C15H15BrN2O2. The average molecular weight is 335 g/mol. The number of methoxy groups -OCH3 is 1. The molecule has 5 heteroatoms. The highest BCUT2D eigenvalue weighted by atomic mass is 79.9. The van der Waals surface area contributed by atoms with E-state index in [1.165, 1.54) is 18.9 Å². The van der Waals surface area contributed by atoms with Crippen molar-refractivity contribution in [3.05, 3.63) is 59.4 Å². The summed E-state index contributed by atoms with van der Waals surface area (Å²) in [6.07, 6.45) is 3.10. The quantitative estimate of drug-likeness (QED) is 0.855. The van der Waals surface area contributed by atoms with Crippen molar-refractivity contribution in [1.29, 1.82) is 0 Å². The van der Waals surface area contributed by atoms with E-state index in [2.05, 4.69) is 26.2 Å². The average Bonchev–Trinajstić information content (AvgIpc) is 2.53. The number of nitrogens with zero attached hydrogens (tertiary/aromatic N) is 1. The van der Waals surface area contributed by atoms with Crippen LogP contribution in [-0.4, -0.2) is 18.0 Å². The molecule has 0 saturated heterocycles. The fraction of sp³-hybridized carbons (Fsp3) is 0.200. The molecular weight excluding hydrogens is 320 g/mol. The monoisotopic (exact) mass is 334 g/mol. The molecule has 0 fully saturated rings. The maximum atomic E-state index is 12.1. The van der Waals surface area contributed by atoms with E-state index in [1.807, 2.05) is 24.3 Å². The van der Waals surface area contributed by atoms with Crippen LogP contribution in [0.15, 0.2) is 42.7 Å². The lowest BCUT2D eigenvalue weighted by Crippen LogP contribution is -2.23. The minimum atomic E-state index is -0.172. The van der Waals surface area contributed by atoms with Gasteiger partial charge in [0.1, 0.15) is 5.75 Å². The maximum absolute atomic E-state index is 12.1. The molecule has 1 aromatic heterocycles. The Labute approximate surface area is 126 Å². The first-order chi connectivity index (χ1) is 9.74. The number of nitrogens with one attached hydrogen (secondary N) is 1. The molecule has 1 N–H and O–H groups in total. The van der Waals surface area contributed by atoms with Crippen LogP contribution in [0.25, 0.3) is 0 Å². The molecule has 0 aliphatic rings. The number of ether oxygens (including phenoxy) is 1. The van der Waals surface area contributed by atoms with Crippen molar-refractivity contribution in [2.24, 2.45) is 0 Å². The van der Waals surface area contributed by atoms with Gasteiger partial charge in [0.25, 0.3) is 5.91 Å². The summed E-state index contributed by atoms with van der Waals surface area (Å²) < 4.78 is 5.12. The number of amides is 1. The second-order valence-electron chi connectivity index (χ2n) is 4.21. The Bertz CT molecular complexity index is 585. The molecule has 1 aromatic carbocycles. The van der Waals surface area contributed by atoms with Crippen LogP contribution in [0.3, 0.4) is 0 Å². The molecule has 4 nitrogen and oxygen atoms in total. The molecule has 0 radical (unpaired) electrons. The number of hydrogen-bond acceptors (Lipinski definition) is 3. The number of rotatable bonds is 5.